The Morgan fingerprint density at radius 1 is 1.20 bits per heavy atom. The molecule has 1 aromatic heterocycles. The summed E-state index contributed by atoms with van der Waals surface area (Å²) >= 11 is 0. The van der Waals surface area contributed by atoms with Crippen LogP contribution in [-0.2, 0) is 0 Å². The number of anilines is 2. The average molecular weight is 145 g/mol. The minimum Gasteiger partial charge on any atom is -0.409 e. The number of rotatable bonds is 0. The lowest BCUT2D eigenvalue weighted by Gasteiger charge is -1.95. The summed E-state index contributed by atoms with van der Waals surface area (Å²) in [6, 6.07) is 0. The third-order valence-corrected chi connectivity index (χ3v) is 1.13. The highest BCUT2D eigenvalue weighted by Crippen LogP contribution is 2.05. The Kier molecular flexibility index (Phi) is 1.01. The Bertz CT molecular complexity index is 281. The molecular formula is C3H7N5O2. The predicted octanol–water partition coefficient (Wildman–Crippen LogP) is -1.59. The maximum Gasteiger partial charge on any atom is 0.210 e. The largest absolute Gasteiger partial charge is 0.409 e. The zero-order chi connectivity index (χ0) is 7.89. The van der Waals surface area contributed by atoms with Gasteiger partial charge in [-0.25, -0.2) is 0 Å². The van der Waals surface area contributed by atoms with Crippen molar-refractivity contribution in [1.82, 2.24) is 9.69 Å². The summed E-state index contributed by atoms with van der Waals surface area (Å²) < 4.78 is 0. The van der Waals surface area contributed by atoms with Gasteiger partial charge in [-0.2, -0.15) is 0 Å². The molecule has 1 aromatic rings. The van der Waals surface area contributed by atoms with Crippen molar-refractivity contribution in [2.24, 2.45) is 0 Å². The standard InChI is InChI=1S/C3H7N5O2/c4-1-2(5)7(9)8(10)3(1)6/h5,9-10H,4,6H2. The summed E-state index contributed by atoms with van der Waals surface area (Å²) in [5.41, 5.74) is 9.61. The molecule has 0 fully saturated rings. The van der Waals surface area contributed by atoms with Gasteiger partial charge in [0, 0.05) is 0 Å². The molecule has 0 aliphatic rings. The fourth-order valence-electron chi connectivity index (χ4n) is 0.534. The topological polar surface area (TPSA) is 126 Å². The van der Waals surface area contributed by atoms with Crippen LogP contribution in [0.25, 0.3) is 0 Å². The molecule has 56 valence electrons. The van der Waals surface area contributed by atoms with Crippen LogP contribution >= 0.6 is 0 Å². The van der Waals surface area contributed by atoms with Gasteiger partial charge in [0.05, 0.1) is 0 Å². The number of nitrogen functional groups attached to an aromatic ring is 2. The first kappa shape index (κ1) is 6.33. The maximum absolute atomic E-state index is 8.71. The molecule has 0 amide bonds. The highest BCUT2D eigenvalue weighted by molar-refractivity contribution is 5.55. The van der Waals surface area contributed by atoms with Crippen molar-refractivity contribution in [3.63, 3.8) is 0 Å². The van der Waals surface area contributed by atoms with E-state index in [1.807, 2.05) is 0 Å². The van der Waals surface area contributed by atoms with Crippen molar-refractivity contribution in [1.29, 1.82) is 5.41 Å². The smallest absolute Gasteiger partial charge is 0.210 e. The van der Waals surface area contributed by atoms with E-state index in [9.17, 15) is 0 Å². The second kappa shape index (κ2) is 1.59. The van der Waals surface area contributed by atoms with Gasteiger partial charge in [-0.15, -0.1) is 0 Å². The lowest BCUT2D eigenvalue weighted by Crippen LogP contribution is -2.20. The van der Waals surface area contributed by atoms with Gasteiger partial charge in [0.25, 0.3) is 0 Å². The highest BCUT2D eigenvalue weighted by atomic mass is 16.6. The number of nitrogens with one attached hydrogen (secondary N) is 1. The Hall–Kier alpha value is -1.79. The van der Waals surface area contributed by atoms with Crippen LogP contribution in [0, 0.1) is 5.41 Å². The van der Waals surface area contributed by atoms with E-state index in [-0.39, 0.29) is 21.2 Å². The zero-order valence-corrected chi connectivity index (χ0v) is 4.94. The molecule has 7 heteroatoms. The molecule has 0 bridgehead atoms. The Balaban J connectivity index is 3.60. The lowest BCUT2D eigenvalue weighted by molar-refractivity contribution is -0.0137. The van der Waals surface area contributed by atoms with Gasteiger partial charge < -0.3 is 21.9 Å². The third kappa shape index (κ3) is 0.508. The van der Waals surface area contributed by atoms with Crippen LogP contribution in [0.15, 0.2) is 0 Å². The first-order valence-electron chi connectivity index (χ1n) is 2.37. The van der Waals surface area contributed by atoms with Crippen LogP contribution in [0.1, 0.15) is 0 Å². The molecule has 0 atom stereocenters. The Morgan fingerprint density at radius 2 is 1.70 bits per heavy atom. The van der Waals surface area contributed by atoms with Crippen molar-refractivity contribution < 1.29 is 10.4 Å². The van der Waals surface area contributed by atoms with Crippen molar-refractivity contribution in [3.05, 3.63) is 5.49 Å². The van der Waals surface area contributed by atoms with Crippen molar-refractivity contribution in [2.75, 3.05) is 11.5 Å². The molecular weight excluding hydrogens is 138 g/mol. The molecule has 0 saturated heterocycles. The van der Waals surface area contributed by atoms with E-state index in [4.69, 9.17) is 27.3 Å². The number of nitrogens with two attached hydrogens (primary N) is 2. The van der Waals surface area contributed by atoms with Crippen LogP contribution in [0.2, 0.25) is 0 Å². The van der Waals surface area contributed by atoms with E-state index < -0.39 is 5.49 Å². The monoisotopic (exact) mass is 145 g/mol. The zero-order valence-electron chi connectivity index (χ0n) is 4.94. The molecule has 7 N–H and O–H groups in total. The van der Waals surface area contributed by atoms with Crippen LogP contribution in [0.3, 0.4) is 0 Å². The molecule has 0 saturated carbocycles. The lowest BCUT2D eigenvalue weighted by atomic mass is 10.5. The number of aromatic nitrogens is 2. The van der Waals surface area contributed by atoms with E-state index in [1.165, 1.54) is 0 Å². The van der Waals surface area contributed by atoms with Crippen LogP contribution in [-0.4, -0.2) is 20.1 Å². The van der Waals surface area contributed by atoms with Crippen LogP contribution < -0.4 is 17.0 Å². The van der Waals surface area contributed by atoms with Gasteiger partial charge in [0.1, 0.15) is 5.69 Å². The Morgan fingerprint density at radius 3 is 1.80 bits per heavy atom. The summed E-state index contributed by atoms with van der Waals surface area (Å²) in [4.78, 5) is 0.308. The minimum absolute atomic E-state index is 0.130. The molecule has 1 heterocycles. The van der Waals surface area contributed by atoms with Crippen LogP contribution in [0.4, 0.5) is 11.5 Å². The summed E-state index contributed by atoms with van der Waals surface area (Å²) in [5.74, 6) is -0.257. The average Bonchev–Trinajstić information content (AvgIpc) is 2.07. The van der Waals surface area contributed by atoms with E-state index in [1.54, 1.807) is 0 Å². The molecule has 7 nitrogen and oxygen atoms in total. The van der Waals surface area contributed by atoms with Gasteiger partial charge in [-0.1, -0.05) is 9.69 Å². The molecule has 0 aliphatic heterocycles. The van der Waals surface area contributed by atoms with Crippen molar-refractivity contribution in [3.8, 4) is 0 Å². The molecule has 0 unspecified atom stereocenters. The number of hydrogen-bond acceptors (Lipinski definition) is 5. The van der Waals surface area contributed by atoms with Crippen molar-refractivity contribution in [2.45, 2.75) is 0 Å². The van der Waals surface area contributed by atoms with E-state index >= 15 is 0 Å². The summed E-state index contributed by atoms with van der Waals surface area (Å²) in [6.07, 6.45) is 0. The quantitative estimate of drug-likeness (QED) is 0.282. The van der Waals surface area contributed by atoms with E-state index in [2.05, 4.69) is 0 Å². The fraction of sp³-hybridized carbons (Fsp3) is 0. The normalized spacial score (nSPS) is 10.0. The molecule has 1 rings (SSSR count). The van der Waals surface area contributed by atoms with Gasteiger partial charge in [0.2, 0.25) is 5.49 Å². The highest BCUT2D eigenvalue weighted by Gasteiger charge is 2.09. The number of hydrogen-bond donors (Lipinski definition) is 5. The molecule has 10 heavy (non-hydrogen) atoms. The van der Waals surface area contributed by atoms with Gasteiger partial charge >= 0.3 is 0 Å². The van der Waals surface area contributed by atoms with Gasteiger partial charge in [0.15, 0.2) is 5.82 Å². The minimum atomic E-state index is -0.444. The molecule has 0 aromatic carbocycles. The summed E-state index contributed by atoms with van der Waals surface area (Å²) in [7, 11) is 0. The summed E-state index contributed by atoms with van der Waals surface area (Å²) in [5, 5.41) is 24.3. The molecule has 0 spiro atoms. The van der Waals surface area contributed by atoms with Gasteiger partial charge in [-0.05, 0) is 0 Å². The fourth-order valence-corrected chi connectivity index (χ4v) is 0.534. The third-order valence-electron chi connectivity index (χ3n) is 1.13. The molecule has 0 radical (unpaired) electrons. The van der Waals surface area contributed by atoms with E-state index in [0.29, 0.717) is 0 Å². The van der Waals surface area contributed by atoms with E-state index in [0.717, 1.165) is 0 Å². The van der Waals surface area contributed by atoms with Crippen molar-refractivity contribution >= 4 is 11.5 Å². The predicted molar refractivity (Wildman–Crippen MR) is 31.5 cm³/mol. The first-order valence-corrected chi connectivity index (χ1v) is 2.37. The SMILES string of the molecule is N=c1c(N)c(N)n(O)n1O. The number of nitrogens with zero attached hydrogens (tertiary/aromatic N) is 2. The first-order chi connectivity index (χ1) is 4.55. The second-order valence-electron chi connectivity index (χ2n) is 1.73. The summed E-state index contributed by atoms with van der Waals surface area (Å²) in [6.45, 7) is 0. The van der Waals surface area contributed by atoms with Gasteiger partial charge in [-0.3, -0.25) is 5.41 Å². The maximum atomic E-state index is 8.71. The molecule has 0 aliphatic carbocycles. The second-order valence-corrected chi connectivity index (χ2v) is 1.73. The Labute approximate surface area is 55.1 Å². The van der Waals surface area contributed by atoms with Crippen LogP contribution in [0.5, 0.6) is 0 Å².